The molecule has 0 atom stereocenters. The zero-order valence-electron chi connectivity index (χ0n) is 17.9. The Labute approximate surface area is 187 Å². The van der Waals surface area contributed by atoms with Crippen LogP contribution in [0.25, 0.3) is 22.0 Å². The number of carboxylic acids is 1. The van der Waals surface area contributed by atoms with Crippen molar-refractivity contribution in [2.24, 2.45) is 7.05 Å². The minimum absolute atomic E-state index is 0.0221. The van der Waals surface area contributed by atoms with Gasteiger partial charge in [-0.15, -0.1) is 0 Å². The molecule has 0 aliphatic carbocycles. The number of nitrogens with one attached hydrogen (secondary N) is 1. The molecule has 2 heterocycles. The highest BCUT2D eigenvalue weighted by molar-refractivity contribution is 6.15. The number of anilines is 1. The molecule has 0 saturated carbocycles. The molecule has 0 unspecified atom stereocenters. The van der Waals surface area contributed by atoms with Crippen LogP contribution in [0.4, 0.5) is 10.1 Å². The van der Waals surface area contributed by atoms with Crippen molar-refractivity contribution in [2.45, 2.75) is 6.92 Å². The molecular weight excluding hydrogens is 431 g/mol. The summed E-state index contributed by atoms with van der Waals surface area (Å²) in [5.41, 5.74) is 0.382. The van der Waals surface area contributed by atoms with Gasteiger partial charge in [-0.25, -0.2) is 9.18 Å². The lowest BCUT2D eigenvalue weighted by atomic mass is 10.0. The van der Waals surface area contributed by atoms with E-state index in [1.54, 1.807) is 25.2 Å². The number of methoxy groups -OCH3 is 1. The van der Waals surface area contributed by atoms with Gasteiger partial charge in [0.1, 0.15) is 5.75 Å². The molecule has 2 aromatic carbocycles. The van der Waals surface area contributed by atoms with E-state index in [1.807, 2.05) is 0 Å². The van der Waals surface area contributed by atoms with Gasteiger partial charge in [0.2, 0.25) is 5.91 Å². The van der Waals surface area contributed by atoms with Crippen molar-refractivity contribution >= 4 is 34.4 Å². The Morgan fingerprint density at radius 1 is 1.15 bits per heavy atom. The van der Waals surface area contributed by atoms with Crippen molar-refractivity contribution in [3.63, 3.8) is 0 Å². The first kappa shape index (κ1) is 21.8. The van der Waals surface area contributed by atoms with Crippen molar-refractivity contribution in [2.75, 3.05) is 12.4 Å². The number of ether oxygens (including phenoxy) is 1. The number of aromatic carboxylic acids is 1. The Kier molecular flexibility index (Phi) is 5.42. The van der Waals surface area contributed by atoms with Gasteiger partial charge >= 0.3 is 5.97 Å². The molecule has 0 spiro atoms. The number of hydrogen-bond donors (Lipinski definition) is 2. The van der Waals surface area contributed by atoms with Crippen LogP contribution in [0, 0.1) is 5.82 Å². The summed E-state index contributed by atoms with van der Waals surface area (Å²) < 4.78 is 23.3. The summed E-state index contributed by atoms with van der Waals surface area (Å²) in [6, 6.07) is 7.10. The van der Waals surface area contributed by atoms with Gasteiger partial charge in [-0.1, -0.05) is 0 Å². The van der Waals surface area contributed by atoms with E-state index in [1.165, 1.54) is 47.9 Å². The average molecular weight is 450 g/mol. The van der Waals surface area contributed by atoms with Gasteiger partial charge in [-0.3, -0.25) is 18.8 Å². The molecule has 168 valence electrons. The SMILES string of the molecule is COc1ccc2c(c1)c(C(=O)Nc1cc(C(=O)O)cc(-c3cnn(C)c3)c1F)cn2C(C)=O. The molecule has 0 fully saturated rings. The van der Waals surface area contributed by atoms with Gasteiger partial charge < -0.3 is 15.2 Å². The average Bonchev–Trinajstić information content (AvgIpc) is 3.38. The second-order valence-corrected chi connectivity index (χ2v) is 7.36. The molecule has 0 aliphatic heterocycles. The van der Waals surface area contributed by atoms with E-state index in [0.717, 1.165) is 6.07 Å². The quantitative estimate of drug-likeness (QED) is 0.478. The van der Waals surface area contributed by atoms with Crippen LogP contribution < -0.4 is 10.1 Å². The molecule has 4 aromatic rings. The number of hydrogen-bond acceptors (Lipinski definition) is 5. The van der Waals surface area contributed by atoms with Crippen LogP contribution in [-0.4, -0.2) is 44.3 Å². The Morgan fingerprint density at radius 2 is 1.91 bits per heavy atom. The number of benzene rings is 2. The van der Waals surface area contributed by atoms with Crippen LogP contribution in [0.5, 0.6) is 5.75 Å². The van der Waals surface area contributed by atoms with Gasteiger partial charge in [0.15, 0.2) is 5.82 Å². The summed E-state index contributed by atoms with van der Waals surface area (Å²) in [4.78, 5) is 36.8. The van der Waals surface area contributed by atoms with Crippen molar-refractivity contribution in [3.05, 3.63) is 65.9 Å². The summed E-state index contributed by atoms with van der Waals surface area (Å²) in [6.07, 6.45) is 4.27. The lowest BCUT2D eigenvalue weighted by Crippen LogP contribution is -2.14. The minimum atomic E-state index is -1.28. The van der Waals surface area contributed by atoms with Crippen molar-refractivity contribution in [3.8, 4) is 16.9 Å². The molecule has 4 rings (SSSR count). The predicted octanol–water partition coefficient (Wildman–Crippen LogP) is 3.80. The Bertz CT molecular complexity index is 1440. The smallest absolute Gasteiger partial charge is 0.335 e. The third-order valence-corrected chi connectivity index (χ3v) is 5.18. The number of carbonyl (C=O) groups is 3. The van der Waals surface area contributed by atoms with Crippen molar-refractivity contribution in [1.29, 1.82) is 0 Å². The van der Waals surface area contributed by atoms with Crippen LogP contribution in [0.1, 0.15) is 32.4 Å². The first-order valence-corrected chi connectivity index (χ1v) is 9.77. The number of halogens is 1. The third-order valence-electron chi connectivity index (χ3n) is 5.18. The Morgan fingerprint density at radius 3 is 2.52 bits per heavy atom. The second kappa shape index (κ2) is 8.23. The van der Waals surface area contributed by atoms with Crippen LogP contribution in [-0.2, 0) is 7.05 Å². The molecule has 1 amide bonds. The zero-order chi connectivity index (χ0) is 23.9. The van der Waals surface area contributed by atoms with E-state index in [-0.39, 0.29) is 28.3 Å². The van der Waals surface area contributed by atoms with Gasteiger partial charge in [0.05, 0.1) is 35.6 Å². The minimum Gasteiger partial charge on any atom is -0.497 e. The first-order valence-electron chi connectivity index (χ1n) is 9.77. The molecule has 0 bridgehead atoms. The van der Waals surface area contributed by atoms with E-state index in [2.05, 4.69) is 10.4 Å². The number of nitrogens with zero attached hydrogens (tertiary/aromatic N) is 3. The fraction of sp³-hybridized carbons (Fsp3) is 0.130. The maximum atomic E-state index is 15.3. The van der Waals surface area contributed by atoms with Crippen LogP contribution in [0.2, 0.25) is 0 Å². The van der Waals surface area contributed by atoms with Crippen LogP contribution in [0.3, 0.4) is 0 Å². The zero-order valence-corrected chi connectivity index (χ0v) is 17.9. The predicted molar refractivity (Wildman–Crippen MR) is 118 cm³/mol. The molecule has 33 heavy (non-hydrogen) atoms. The highest BCUT2D eigenvalue weighted by Gasteiger charge is 2.22. The number of amides is 1. The fourth-order valence-corrected chi connectivity index (χ4v) is 3.58. The number of carbonyl (C=O) groups excluding carboxylic acids is 2. The van der Waals surface area contributed by atoms with Gasteiger partial charge in [-0.2, -0.15) is 5.10 Å². The number of carboxylic acid groups (broad SMARTS) is 1. The highest BCUT2D eigenvalue weighted by Crippen LogP contribution is 2.31. The summed E-state index contributed by atoms with van der Waals surface area (Å²) in [5.74, 6) is -2.66. The summed E-state index contributed by atoms with van der Waals surface area (Å²) >= 11 is 0. The summed E-state index contributed by atoms with van der Waals surface area (Å²) in [5, 5.41) is 16.3. The molecule has 2 aromatic heterocycles. The largest absolute Gasteiger partial charge is 0.497 e. The maximum absolute atomic E-state index is 15.3. The number of aryl methyl sites for hydroxylation is 1. The first-order chi connectivity index (χ1) is 15.7. The van der Waals surface area contributed by atoms with Gasteiger partial charge in [0, 0.05) is 42.9 Å². The van der Waals surface area contributed by atoms with E-state index >= 15 is 4.39 Å². The molecule has 0 aliphatic rings. The van der Waals surface area contributed by atoms with E-state index in [4.69, 9.17) is 4.74 Å². The lowest BCUT2D eigenvalue weighted by molar-refractivity contribution is 0.0696. The standard InChI is InChI=1S/C23H19FN4O5/c1-12(29)28-11-18(17-8-15(33-3)4-5-20(17)28)22(30)26-19-7-13(23(31)32)6-16(21(19)24)14-9-25-27(2)10-14/h4-11H,1-3H3,(H,26,30)(H,31,32). The summed E-state index contributed by atoms with van der Waals surface area (Å²) in [7, 11) is 3.11. The highest BCUT2D eigenvalue weighted by atomic mass is 19.1. The molecule has 0 saturated heterocycles. The molecule has 2 N–H and O–H groups in total. The maximum Gasteiger partial charge on any atom is 0.335 e. The topological polar surface area (TPSA) is 115 Å². The number of aromatic nitrogens is 3. The number of rotatable bonds is 5. The molecular formula is C23H19FN4O5. The van der Waals surface area contributed by atoms with E-state index in [9.17, 15) is 19.5 Å². The Balaban J connectivity index is 1.82. The van der Waals surface area contributed by atoms with Crippen LogP contribution >= 0.6 is 0 Å². The Hall–Kier alpha value is -4.47. The van der Waals surface area contributed by atoms with Gasteiger partial charge in [0.25, 0.3) is 5.91 Å². The van der Waals surface area contributed by atoms with Gasteiger partial charge in [-0.05, 0) is 30.3 Å². The van der Waals surface area contributed by atoms with E-state index < -0.39 is 17.7 Å². The molecule has 0 radical (unpaired) electrons. The summed E-state index contributed by atoms with van der Waals surface area (Å²) in [6.45, 7) is 1.35. The van der Waals surface area contributed by atoms with Crippen molar-refractivity contribution in [1.82, 2.24) is 14.3 Å². The normalized spacial score (nSPS) is 10.9. The molecule has 10 heteroatoms. The lowest BCUT2D eigenvalue weighted by Gasteiger charge is -2.11. The fourth-order valence-electron chi connectivity index (χ4n) is 3.58. The second-order valence-electron chi connectivity index (χ2n) is 7.36. The van der Waals surface area contributed by atoms with Crippen LogP contribution in [0.15, 0.2) is 48.9 Å². The number of fused-ring (bicyclic) bond motifs is 1. The molecule has 9 nitrogen and oxygen atoms in total. The van der Waals surface area contributed by atoms with Crippen molar-refractivity contribution < 1.29 is 28.6 Å². The third kappa shape index (κ3) is 3.93. The monoisotopic (exact) mass is 450 g/mol. The van der Waals surface area contributed by atoms with E-state index in [0.29, 0.717) is 22.2 Å².